The number of nitrogens with two attached hydrogens (primary N) is 1. The van der Waals surface area contributed by atoms with Crippen LogP contribution in [0.4, 0.5) is 5.69 Å². The minimum Gasteiger partial charge on any atom is -0.496 e. The number of ether oxygens (including phenoxy) is 1. The summed E-state index contributed by atoms with van der Waals surface area (Å²) in [5, 5.41) is 11.4. The Hall–Kier alpha value is -1.47. The van der Waals surface area contributed by atoms with E-state index < -0.39 is 4.92 Å². The van der Waals surface area contributed by atoms with Crippen LogP contribution in [0.25, 0.3) is 0 Å². The van der Waals surface area contributed by atoms with Gasteiger partial charge in [-0.05, 0) is 18.9 Å². The van der Waals surface area contributed by atoms with E-state index in [-0.39, 0.29) is 18.1 Å². The monoisotopic (exact) mass is 345 g/mol. The Kier molecular flexibility index (Phi) is 7.47. The molecule has 1 aliphatic carbocycles. The molecule has 0 spiro atoms. The molecule has 2 rings (SSSR count). The molecular weight excluding hydrogens is 326 g/mol. The van der Waals surface area contributed by atoms with E-state index in [9.17, 15) is 10.1 Å². The number of methoxy groups -OCH3 is 1. The van der Waals surface area contributed by atoms with E-state index in [1.54, 1.807) is 13.2 Å². The molecule has 0 aliphatic heterocycles. The summed E-state index contributed by atoms with van der Waals surface area (Å²) in [6.07, 6.45) is 4.62. The molecule has 1 saturated carbocycles. The maximum Gasteiger partial charge on any atom is 0.270 e. The molecule has 2 N–H and O–H groups in total. The summed E-state index contributed by atoms with van der Waals surface area (Å²) in [6.45, 7) is 0. The summed E-state index contributed by atoms with van der Waals surface area (Å²) < 4.78 is 5.23. The van der Waals surface area contributed by atoms with Crippen LogP contribution in [0.1, 0.15) is 31.2 Å². The Balaban J connectivity index is 0.00000242. The quantitative estimate of drug-likeness (QED) is 0.381. The summed E-state index contributed by atoms with van der Waals surface area (Å²) in [5.74, 6) is 1.13. The molecule has 1 aromatic rings. The number of nitro groups is 1. The lowest BCUT2D eigenvalue weighted by Crippen LogP contribution is -2.11. The first-order chi connectivity index (χ1) is 10.1. The molecular formula is C14H20ClN3O3S. The van der Waals surface area contributed by atoms with Crippen LogP contribution in [-0.4, -0.2) is 23.2 Å². The fourth-order valence-corrected chi connectivity index (χ4v) is 3.15. The van der Waals surface area contributed by atoms with Crippen molar-refractivity contribution in [3.63, 3.8) is 0 Å². The third-order valence-electron chi connectivity index (χ3n) is 3.48. The van der Waals surface area contributed by atoms with E-state index in [0.29, 0.717) is 22.7 Å². The first kappa shape index (κ1) is 18.6. The molecule has 1 aromatic carbocycles. The average Bonchev–Trinajstić information content (AvgIpc) is 2.97. The van der Waals surface area contributed by atoms with Gasteiger partial charge in [0.15, 0.2) is 5.17 Å². The molecule has 0 atom stereocenters. The van der Waals surface area contributed by atoms with E-state index in [1.807, 2.05) is 0 Å². The van der Waals surface area contributed by atoms with E-state index in [0.717, 1.165) is 18.4 Å². The first-order valence-corrected chi connectivity index (χ1v) is 7.86. The molecule has 1 aliphatic rings. The number of non-ortho nitro benzene ring substituents is 1. The smallest absolute Gasteiger partial charge is 0.270 e. The van der Waals surface area contributed by atoms with E-state index >= 15 is 0 Å². The Morgan fingerprint density at radius 2 is 2.18 bits per heavy atom. The fraction of sp³-hybridized carbons (Fsp3) is 0.500. The van der Waals surface area contributed by atoms with Gasteiger partial charge in [-0.25, -0.2) is 0 Å². The van der Waals surface area contributed by atoms with E-state index in [1.165, 1.54) is 36.7 Å². The molecule has 0 heterocycles. The molecule has 0 aromatic heterocycles. The van der Waals surface area contributed by atoms with Crippen LogP contribution >= 0.6 is 24.2 Å². The summed E-state index contributed by atoms with van der Waals surface area (Å²) in [6, 6.07) is 4.90. The van der Waals surface area contributed by atoms with Gasteiger partial charge in [-0.1, -0.05) is 24.6 Å². The van der Waals surface area contributed by atoms with Gasteiger partial charge in [0.05, 0.1) is 18.1 Å². The number of amidine groups is 1. The van der Waals surface area contributed by atoms with E-state index in [2.05, 4.69) is 4.99 Å². The minimum absolute atomic E-state index is 0. The molecule has 8 heteroatoms. The highest BCUT2D eigenvalue weighted by Crippen LogP contribution is 2.28. The lowest BCUT2D eigenvalue weighted by Gasteiger charge is -2.09. The second-order valence-electron chi connectivity index (χ2n) is 4.95. The predicted molar refractivity (Wildman–Crippen MR) is 92.1 cm³/mol. The fourth-order valence-electron chi connectivity index (χ4n) is 2.39. The van der Waals surface area contributed by atoms with Crippen LogP contribution in [0.3, 0.4) is 0 Å². The Bertz CT molecular complexity index is 548. The minimum atomic E-state index is -0.413. The van der Waals surface area contributed by atoms with Gasteiger partial charge in [-0.15, -0.1) is 12.4 Å². The van der Waals surface area contributed by atoms with Crippen LogP contribution in [0.15, 0.2) is 23.2 Å². The van der Waals surface area contributed by atoms with Crippen molar-refractivity contribution >= 4 is 35.0 Å². The van der Waals surface area contributed by atoms with Crippen LogP contribution < -0.4 is 10.5 Å². The summed E-state index contributed by atoms with van der Waals surface area (Å²) in [4.78, 5) is 14.9. The number of halogens is 1. The van der Waals surface area contributed by atoms with Gasteiger partial charge in [0, 0.05) is 23.4 Å². The van der Waals surface area contributed by atoms with E-state index in [4.69, 9.17) is 10.5 Å². The predicted octanol–water partition coefficient (Wildman–Crippen LogP) is 3.52. The molecule has 1 fully saturated rings. The molecule has 6 nitrogen and oxygen atoms in total. The van der Waals surface area contributed by atoms with Crippen molar-refractivity contribution < 1.29 is 9.66 Å². The lowest BCUT2D eigenvalue weighted by molar-refractivity contribution is -0.384. The van der Waals surface area contributed by atoms with Crippen LogP contribution in [-0.2, 0) is 5.75 Å². The van der Waals surface area contributed by atoms with Crippen LogP contribution in [0.5, 0.6) is 5.75 Å². The van der Waals surface area contributed by atoms with Crippen molar-refractivity contribution in [1.29, 1.82) is 0 Å². The number of benzene rings is 1. The van der Waals surface area contributed by atoms with Crippen molar-refractivity contribution in [3.8, 4) is 5.75 Å². The number of hydrogen-bond donors (Lipinski definition) is 1. The largest absolute Gasteiger partial charge is 0.496 e. The number of thioether (sulfide) groups is 1. The number of hydrogen-bond acceptors (Lipinski definition) is 5. The zero-order valence-corrected chi connectivity index (χ0v) is 14.0. The lowest BCUT2D eigenvalue weighted by atomic mass is 10.2. The third kappa shape index (κ3) is 5.06. The van der Waals surface area contributed by atoms with Gasteiger partial charge in [0.1, 0.15) is 5.75 Å². The Labute approximate surface area is 140 Å². The zero-order chi connectivity index (χ0) is 15.2. The SMILES string of the molecule is COc1ccc([N+](=O)[O-])cc1CSC(N)=NC1CCCC1.Cl. The van der Waals surface area contributed by atoms with Crippen molar-refractivity contribution in [3.05, 3.63) is 33.9 Å². The molecule has 0 radical (unpaired) electrons. The Morgan fingerprint density at radius 3 is 2.77 bits per heavy atom. The van der Waals surface area contributed by atoms with Gasteiger partial charge in [0.2, 0.25) is 0 Å². The second kappa shape index (κ2) is 8.85. The number of rotatable bonds is 5. The normalized spacial score (nSPS) is 15.4. The van der Waals surface area contributed by atoms with Crippen molar-refractivity contribution in [2.75, 3.05) is 7.11 Å². The summed E-state index contributed by atoms with van der Waals surface area (Å²) >= 11 is 1.39. The topological polar surface area (TPSA) is 90.8 Å². The number of nitrogens with zero attached hydrogens (tertiary/aromatic N) is 2. The second-order valence-corrected chi connectivity index (χ2v) is 5.94. The standard InChI is InChI=1S/C14H19N3O3S.ClH/c1-20-13-7-6-12(17(18)19)8-10(13)9-21-14(15)16-11-4-2-3-5-11;/h6-8,11H,2-5,9H2,1H3,(H2,15,16);1H. The van der Waals surface area contributed by atoms with Crippen molar-refractivity contribution in [1.82, 2.24) is 0 Å². The van der Waals surface area contributed by atoms with Gasteiger partial charge >= 0.3 is 0 Å². The van der Waals surface area contributed by atoms with Crippen LogP contribution in [0.2, 0.25) is 0 Å². The zero-order valence-electron chi connectivity index (χ0n) is 12.4. The number of aliphatic imine (C=N–C) groups is 1. The average molecular weight is 346 g/mol. The van der Waals surface area contributed by atoms with Gasteiger partial charge in [0.25, 0.3) is 5.69 Å². The molecule has 0 bridgehead atoms. The molecule has 122 valence electrons. The van der Waals surface area contributed by atoms with Crippen LogP contribution in [0, 0.1) is 10.1 Å². The summed E-state index contributed by atoms with van der Waals surface area (Å²) in [5.41, 5.74) is 6.73. The maximum absolute atomic E-state index is 10.8. The first-order valence-electron chi connectivity index (χ1n) is 6.87. The Morgan fingerprint density at radius 1 is 1.50 bits per heavy atom. The molecule has 0 amide bonds. The highest BCUT2D eigenvalue weighted by Gasteiger charge is 2.15. The molecule has 22 heavy (non-hydrogen) atoms. The van der Waals surface area contributed by atoms with Gasteiger partial charge in [-0.3, -0.25) is 15.1 Å². The highest BCUT2D eigenvalue weighted by atomic mass is 35.5. The number of nitro benzene ring substituents is 1. The molecule has 0 unspecified atom stereocenters. The van der Waals surface area contributed by atoms with Crippen molar-refractivity contribution in [2.45, 2.75) is 37.5 Å². The molecule has 0 saturated heterocycles. The third-order valence-corrected chi connectivity index (χ3v) is 4.34. The maximum atomic E-state index is 10.8. The highest BCUT2D eigenvalue weighted by molar-refractivity contribution is 8.13. The van der Waals surface area contributed by atoms with Gasteiger partial charge < -0.3 is 10.5 Å². The van der Waals surface area contributed by atoms with Crippen molar-refractivity contribution in [2.24, 2.45) is 10.7 Å². The van der Waals surface area contributed by atoms with Gasteiger partial charge in [-0.2, -0.15) is 0 Å². The summed E-state index contributed by atoms with van der Waals surface area (Å²) in [7, 11) is 1.55.